The van der Waals surface area contributed by atoms with E-state index in [0.717, 1.165) is 16.7 Å². The van der Waals surface area contributed by atoms with E-state index in [1.807, 2.05) is 57.2 Å². The lowest BCUT2D eigenvalue weighted by atomic mass is 10.1. The molecule has 0 aliphatic carbocycles. The molecule has 120 valence electrons. The molecule has 0 radical (unpaired) electrons. The summed E-state index contributed by atoms with van der Waals surface area (Å²) in [6.07, 6.45) is 1.72. The fraction of sp³-hybridized carbons (Fsp3) is 0.130. The van der Waals surface area contributed by atoms with Gasteiger partial charge in [0.15, 0.2) is 0 Å². The summed E-state index contributed by atoms with van der Waals surface area (Å²) in [4.78, 5) is 0. The quantitative estimate of drug-likeness (QED) is 0.526. The van der Waals surface area contributed by atoms with Crippen LogP contribution in [0, 0.1) is 0 Å². The maximum atomic E-state index is 3.83. The highest BCUT2D eigenvalue weighted by Crippen LogP contribution is 2.09. The van der Waals surface area contributed by atoms with Crippen molar-refractivity contribution >= 4 is 11.1 Å². The lowest BCUT2D eigenvalue weighted by molar-refractivity contribution is 1.58. The molecule has 0 fully saturated rings. The first kappa shape index (κ1) is 20.4. The van der Waals surface area contributed by atoms with Crippen LogP contribution in [0.3, 0.4) is 0 Å². The van der Waals surface area contributed by atoms with Gasteiger partial charge in [0.2, 0.25) is 0 Å². The van der Waals surface area contributed by atoms with Gasteiger partial charge in [-0.1, -0.05) is 110 Å². The molecule has 0 unspecified atom stereocenters. The van der Waals surface area contributed by atoms with Gasteiger partial charge in [-0.05, 0) is 31.9 Å². The molecule has 0 nitrogen and oxygen atoms in total. The second kappa shape index (κ2) is 12.0. The van der Waals surface area contributed by atoms with Crippen molar-refractivity contribution in [2.24, 2.45) is 0 Å². The molecule has 0 aliphatic heterocycles. The second-order valence-electron chi connectivity index (χ2n) is 5.34. The van der Waals surface area contributed by atoms with E-state index in [2.05, 4.69) is 50.6 Å². The van der Waals surface area contributed by atoms with Crippen LogP contribution < -0.4 is 0 Å². The fourth-order valence-electron chi connectivity index (χ4n) is 1.45. The predicted octanol–water partition coefficient (Wildman–Crippen LogP) is 7.19. The van der Waals surface area contributed by atoms with E-state index in [9.17, 15) is 0 Å². The Labute approximate surface area is 142 Å². The Morgan fingerprint density at radius 3 is 1.04 bits per heavy atom. The van der Waals surface area contributed by atoms with E-state index in [0.29, 0.717) is 0 Å². The summed E-state index contributed by atoms with van der Waals surface area (Å²) in [5.41, 5.74) is 5.70. The van der Waals surface area contributed by atoms with Crippen molar-refractivity contribution in [3.8, 4) is 0 Å². The Kier molecular flexibility index (Phi) is 10.6. The molecule has 0 atom stereocenters. The number of allylic oxidation sites excluding steroid dienone is 4. The molecule has 0 heteroatoms. The van der Waals surface area contributed by atoms with Gasteiger partial charge >= 0.3 is 0 Å². The normalized spacial score (nSPS) is 8.48. The maximum Gasteiger partial charge on any atom is -0.0233 e. The molecule has 0 aliphatic rings. The van der Waals surface area contributed by atoms with Gasteiger partial charge in [-0.2, -0.15) is 0 Å². The standard InChI is InChI=1S/2C9H10.C5H8/c2*1-8(2)9-6-4-3-5-7-9;1-4-5(2)3/h2*3-7H,1H2,2H3;4H,1-2H2,3H3. The Morgan fingerprint density at radius 2 is 0.913 bits per heavy atom. The van der Waals surface area contributed by atoms with Crippen LogP contribution in [0.1, 0.15) is 31.9 Å². The topological polar surface area (TPSA) is 0 Å². The van der Waals surface area contributed by atoms with Crippen LogP contribution in [0.5, 0.6) is 0 Å². The average Bonchev–Trinajstić information content (AvgIpc) is 2.57. The zero-order valence-electron chi connectivity index (χ0n) is 14.7. The minimum atomic E-state index is 1.02. The van der Waals surface area contributed by atoms with Crippen LogP contribution in [0.4, 0.5) is 0 Å². The zero-order valence-corrected chi connectivity index (χ0v) is 14.7. The summed E-state index contributed by atoms with van der Waals surface area (Å²) in [6.45, 7) is 20.6. The Balaban J connectivity index is 0.000000332. The van der Waals surface area contributed by atoms with E-state index < -0.39 is 0 Å². The molecule has 2 rings (SSSR count). The molecular weight excluding hydrogens is 276 g/mol. The van der Waals surface area contributed by atoms with Gasteiger partial charge in [0.25, 0.3) is 0 Å². The molecule has 0 saturated carbocycles. The van der Waals surface area contributed by atoms with Crippen molar-refractivity contribution in [3.63, 3.8) is 0 Å². The number of hydrogen-bond donors (Lipinski definition) is 0. The number of hydrogen-bond acceptors (Lipinski definition) is 0. The van der Waals surface area contributed by atoms with Crippen molar-refractivity contribution in [2.45, 2.75) is 20.8 Å². The first-order valence-corrected chi connectivity index (χ1v) is 7.58. The van der Waals surface area contributed by atoms with E-state index in [1.54, 1.807) is 6.08 Å². The van der Waals surface area contributed by atoms with E-state index in [1.165, 1.54) is 11.1 Å². The lowest BCUT2D eigenvalue weighted by Gasteiger charge is -1.94. The third-order valence-electron chi connectivity index (χ3n) is 2.88. The van der Waals surface area contributed by atoms with Crippen LogP contribution in [0.2, 0.25) is 0 Å². The molecule has 0 spiro atoms. The van der Waals surface area contributed by atoms with Gasteiger partial charge in [0, 0.05) is 0 Å². The highest BCUT2D eigenvalue weighted by atomic mass is 13.9. The van der Waals surface area contributed by atoms with Gasteiger partial charge < -0.3 is 0 Å². The van der Waals surface area contributed by atoms with Gasteiger partial charge in [-0.15, -0.1) is 0 Å². The summed E-state index contributed by atoms with van der Waals surface area (Å²) in [6, 6.07) is 20.3. The molecule has 0 aromatic heterocycles. The Bertz CT molecular complexity index is 566. The van der Waals surface area contributed by atoms with Crippen LogP contribution in [0.15, 0.2) is 98.6 Å². The molecule has 0 N–H and O–H groups in total. The molecule has 0 amide bonds. The van der Waals surface area contributed by atoms with Crippen molar-refractivity contribution in [1.29, 1.82) is 0 Å². The largest absolute Gasteiger partial charge is 0.0988 e. The molecule has 0 bridgehead atoms. The third kappa shape index (κ3) is 10.7. The van der Waals surface area contributed by atoms with Crippen LogP contribution >= 0.6 is 0 Å². The van der Waals surface area contributed by atoms with E-state index in [-0.39, 0.29) is 0 Å². The highest BCUT2D eigenvalue weighted by molar-refractivity contribution is 5.61. The molecule has 2 aromatic rings. The van der Waals surface area contributed by atoms with Crippen molar-refractivity contribution in [3.05, 3.63) is 110 Å². The summed E-state index contributed by atoms with van der Waals surface area (Å²) in [7, 11) is 0. The monoisotopic (exact) mass is 304 g/mol. The van der Waals surface area contributed by atoms with Gasteiger partial charge in [-0.3, -0.25) is 0 Å². The smallest absolute Gasteiger partial charge is 0.0233 e. The first-order chi connectivity index (χ1) is 10.9. The lowest BCUT2D eigenvalue weighted by Crippen LogP contribution is -1.72. The minimum absolute atomic E-state index is 1.02. The summed E-state index contributed by atoms with van der Waals surface area (Å²) in [5, 5.41) is 0. The summed E-state index contributed by atoms with van der Waals surface area (Å²) >= 11 is 0. The highest BCUT2D eigenvalue weighted by Gasteiger charge is 1.86. The van der Waals surface area contributed by atoms with Gasteiger partial charge in [-0.25, -0.2) is 0 Å². The summed E-state index contributed by atoms with van der Waals surface area (Å²) in [5.74, 6) is 0. The van der Waals surface area contributed by atoms with Gasteiger partial charge in [0.1, 0.15) is 0 Å². The van der Waals surface area contributed by atoms with Crippen molar-refractivity contribution in [1.82, 2.24) is 0 Å². The molecule has 0 heterocycles. The Morgan fingerprint density at radius 1 is 0.652 bits per heavy atom. The average molecular weight is 304 g/mol. The first-order valence-electron chi connectivity index (χ1n) is 7.58. The number of rotatable bonds is 3. The molecule has 23 heavy (non-hydrogen) atoms. The van der Waals surface area contributed by atoms with Crippen molar-refractivity contribution < 1.29 is 0 Å². The van der Waals surface area contributed by atoms with Crippen LogP contribution in [-0.2, 0) is 0 Å². The van der Waals surface area contributed by atoms with Crippen LogP contribution in [0.25, 0.3) is 11.1 Å². The van der Waals surface area contributed by atoms with Crippen molar-refractivity contribution in [2.75, 3.05) is 0 Å². The fourth-order valence-corrected chi connectivity index (χ4v) is 1.45. The minimum Gasteiger partial charge on any atom is -0.0988 e. The predicted molar refractivity (Wildman–Crippen MR) is 107 cm³/mol. The number of benzene rings is 2. The zero-order chi connectivity index (χ0) is 17.7. The SMILES string of the molecule is C=C(C)c1ccccc1.C=C(C)c1ccccc1.C=CC(=C)C. The van der Waals surface area contributed by atoms with Gasteiger partial charge in [0.05, 0.1) is 0 Å². The third-order valence-corrected chi connectivity index (χ3v) is 2.88. The van der Waals surface area contributed by atoms with E-state index in [4.69, 9.17) is 0 Å². The van der Waals surface area contributed by atoms with Crippen LogP contribution in [-0.4, -0.2) is 0 Å². The summed E-state index contributed by atoms with van der Waals surface area (Å²) < 4.78 is 0. The maximum absolute atomic E-state index is 3.83. The second-order valence-corrected chi connectivity index (χ2v) is 5.34. The Hall–Kier alpha value is -2.60. The molecule has 0 saturated heterocycles. The molecular formula is C23H28. The van der Waals surface area contributed by atoms with E-state index >= 15 is 0 Å². The molecule has 2 aromatic carbocycles.